The quantitative estimate of drug-likeness (QED) is 0.721. The second-order valence-corrected chi connectivity index (χ2v) is 5.15. The lowest BCUT2D eigenvalue weighted by atomic mass is 10.2. The van der Waals surface area contributed by atoms with Gasteiger partial charge in [0.2, 0.25) is 5.82 Å². The van der Waals surface area contributed by atoms with Crippen molar-refractivity contribution in [3.63, 3.8) is 0 Å². The lowest BCUT2D eigenvalue weighted by Crippen LogP contribution is -2.39. The van der Waals surface area contributed by atoms with Gasteiger partial charge in [-0.2, -0.15) is 0 Å². The molecule has 0 aliphatic carbocycles. The molecule has 0 radical (unpaired) electrons. The number of aliphatic hydroxyl groups excluding tert-OH is 1. The minimum absolute atomic E-state index is 0.0311. The van der Waals surface area contributed by atoms with Crippen LogP contribution in [0.3, 0.4) is 0 Å². The largest absolute Gasteiger partial charge is 0.463 e. The van der Waals surface area contributed by atoms with Crippen molar-refractivity contribution in [3.05, 3.63) is 17.6 Å². The second-order valence-electron chi connectivity index (χ2n) is 5.15. The molecule has 21 heavy (non-hydrogen) atoms. The fourth-order valence-corrected chi connectivity index (χ4v) is 2.50. The minimum Gasteiger partial charge on any atom is -0.463 e. The van der Waals surface area contributed by atoms with Gasteiger partial charge in [-0.3, -0.25) is 0 Å². The molecule has 7 heteroatoms. The summed E-state index contributed by atoms with van der Waals surface area (Å²) in [4.78, 5) is 21.9. The van der Waals surface area contributed by atoms with Crippen LogP contribution in [0, 0.1) is 6.92 Å². The topological polar surface area (TPSA) is 87.6 Å². The van der Waals surface area contributed by atoms with E-state index in [-0.39, 0.29) is 12.4 Å². The van der Waals surface area contributed by atoms with E-state index in [1.807, 2.05) is 17.9 Å². The van der Waals surface area contributed by atoms with Crippen LogP contribution in [0.25, 0.3) is 0 Å². The molecule has 2 N–H and O–H groups in total. The van der Waals surface area contributed by atoms with Gasteiger partial charge in [0.05, 0.1) is 13.7 Å². The Bertz CT molecular complexity index is 489. The number of aromatic nitrogens is 2. The molecule has 1 fully saturated rings. The summed E-state index contributed by atoms with van der Waals surface area (Å²) >= 11 is 0. The number of aliphatic hydroxyl groups is 1. The predicted octanol–water partition coefficient (Wildman–Crippen LogP) is 0.122. The van der Waals surface area contributed by atoms with Crippen molar-refractivity contribution in [3.8, 4) is 0 Å². The number of esters is 1. The molecular weight excluding hydrogens is 272 g/mol. The van der Waals surface area contributed by atoms with Gasteiger partial charge in [-0.1, -0.05) is 0 Å². The predicted molar refractivity (Wildman–Crippen MR) is 78.4 cm³/mol. The number of hydrogen-bond acceptors (Lipinski definition) is 7. The van der Waals surface area contributed by atoms with Crippen LogP contribution in [-0.2, 0) is 4.74 Å². The van der Waals surface area contributed by atoms with Crippen LogP contribution in [-0.4, -0.2) is 60.4 Å². The third-order valence-electron chi connectivity index (χ3n) is 3.51. The summed E-state index contributed by atoms with van der Waals surface area (Å²) in [5.74, 6) is 0.142. The summed E-state index contributed by atoms with van der Waals surface area (Å²) in [5, 5.41) is 12.7. The van der Waals surface area contributed by atoms with E-state index in [4.69, 9.17) is 0 Å². The molecule has 7 nitrogen and oxygen atoms in total. The molecule has 0 aromatic carbocycles. The van der Waals surface area contributed by atoms with Crippen molar-refractivity contribution in [1.29, 1.82) is 0 Å². The van der Waals surface area contributed by atoms with Gasteiger partial charge in [-0.15, -0.1) is 0 Å². The maximum absolute atomic E-state index is 11.6. The Morgan fingerprint density at radius 2 is 2.38 bits per heavy atom. The van der Waals surface area contributed by atoms with E-state index in [1.165, 1.54) is 7.11 Å². The number of anilines is 1. The minimum atomic E-state index is -0.553. The molecule has 2 rings (SSSR count). The fraction of sp³-hybridized carbons (Fsp3) is 0.643. The summed E-state index contributed by atoms with van der Waals surface area (Å²) in [6.07, 6.45) is 2.27. The Morgan fingerprint density at radius 3 is 3.00 bits per heavy atom. The number of methoxy groups -OCH3 is 1. The average Bonchev–Trinajstić information content (AvgIpc) is 2.98. The number of nitrogens with one attached hydrogen (secondary N) is 1. The molecular formula is C14H22N4O3. The molecule has 0 spiro atoms. The highest BCUT2D eigenvalue weighted by atomic mass is 16.5. The molecule has 1 aromatic rings. The summed E-state index contributed by atoms with van der Waals surface area (Å²) in [6, 6.07) is 2.20. The number of hydrogen-bond donors (Lipinski definition) is 2. The van der Waals surface area contributed by atoms with E-state index in [1.54, 1.807) is 0 Å². The molecule has 0 saturated carbocycles. The second kappa shape index (κ2) is 7.33. The highest BCUT2D eigenvalue weighted by Gasteiger charge is 2.20. The van der Waals surface area contributed by atoms with E-state index >= 15 is 0 Å². The van der Waals surface area contributed by atoms with Crippen LogP contribution in [0.1, 0.15) is 29.2 Å². The van der Waals surface area contributed by atoms with Crippen LogP contribution in [0.15, 0.2) is 6.07 Å². The van der Waals surface area contributed by atoms with Crippen molar-refractivity contribution >= 4 is 11.8 Å². The van der Waals surface area contributed by atoms with E-state index in [0.29, 0.717) is 24.1 Å². The van der Waals surface area contributed by atoms with E-state index in [0.717, 1.165) is 25.9 Å². The standard InChI is InChI=1S/C14H22N4O3/c1-10-8-12(17-13(16-10)14(20)21-2)18(6-7-19)9-11-4-3-5-15-11/h8,11,15,19H,3-7,9H2,1-2H3. The molecule has 0 bridgehead atoms. The zero-order valence-electron chi connectivity index (χ0n) is 12.5. The molecule has 1 unspecified atom stereocenters. The van der Waals surface area contributed by atoms with Gasteiger partial charge >= 0.3 is 5.97 Å². The smallest absolute Gasteiger partial charge is 0.376 e. The van der Waals surface area contributed by atoms with Gasteiger partial charge in [-0.25, -0.2) is 14.8 Å². The van der Waals surface area contributed by atoms with Crippen molar-refractivity contribution < 1.29 is 14.6 Å². The third kappa shape index (κ3) is 4.12. The van der Waals surface area contributed by atoms with E-state index < -0.39 is 5.97 Å². The highest BCUT2D eigenvalue weighted by Crippen LogP contribution is 2.16. The van der Waals surface area contributed by atoms with Crippen molar-refractivity contribution in [1.82, 2.24) is 15.3 Å². The van der Waals surface area contributed by atoms with Crippen LogP contribution >= 0.6 is 0 Å². The van der Waals surface area contributed by atoms with Crippen LogP contribution in [0.4, 0.5) is 5.82 Å². The fourth-order valence-electron chi connectivity index (χ4n) is 2.50. The number of nitrogens with zero attached hydrogens (tertiary/aromatic N) is 3. The summed E-state index contributed by atoms with van der Waals surface area (Å²) < 4.78 is 4.68. The Kier molecular flexibility index (Phi) is 5.46. The lowest BCUT2D eigenvalue weighted by molar-refractivity contribution is 0.0586. The first-order valence-electron chi connectivity index (χ1n) is 7.17. The maximum atomic E-state index is 11.6. The number of aryl methyl sites for hydroxylation is 1. The van der Waals surface area contributed by atoms with Gasteiger partial charge in [0.25, 0.3) is 0 Å². The number of carbonyl (C=O) groups excluding carboxylic acids is 1. The Hall–Kier alpha value is -1.73. The Balaban J connectivity index is 2.21. The summed E-state index contributed by atoms with van der Waals surface area (Å²) in [7, 11) is 1.31. The average molecular weight is 294 g/mol. The molecule has 116 valence electrons. The number of ether oxygens (including phenoxy) is 1. The van der Waals surface area contributed by atoms with Crippen molar-refractivity contribution in [2.75, 3.05) is 38.3 Å². The Labute approximate surface area is 124 Å². The monoisotopic (exact) mass is 294 g/mol. The Morgan fingerprint density at radius 1 is 1.57 bits per heavy atom. The third-order valence-corrected chi connectivity index (χ3v) is 3.51. The maximum Gasteiger partial charge on any atom is 0.376 e. The molecule has 0 amide bonds. The molecule has 2 heterocycles. The molecule has 1 aliphatic heterocycles. The summed E-state index contributed by atoms with van der Waals surface area (Å²) in [6.45, 7) is 4.08. The zero-order chi connectivity index (χ0) is 15.2. The first-order valence-corrected chi connectivity index (χ1v) is 7.17. The van der Waals surface area contributed by atoms with Gasteiger partial charge < -0.3 is 20.1 Å². The molecule has 1 saturated heterocycles. The van der Waals surface area contributed by atoms with Crippen LogP contribution < -0.4 is 10.2 Å². The SMILES string of the molecule is COC(=O)c1nc(C)cc(N(CCO)CC2CCCN2)n1. The first kappa shape index (κ1) is 15.7. The molecule has 1 aliphatic rings. The molecule has 1 atom stereocenters. The van der Waals surface area contributed by atoms with Gasteiger partial charge in [0.1, 0.15) is 5.82 Å². The van der Waals surface area contributed by atoms with Gasteiger partial charge in [0, 0.05) is 30.9 Å². The zero-order valence-corrected chi connectivity index (χ0v) is 12.5. The van der Waals surface area contributed by atoms with Crippen LogP contribution in [0.5, 0.6) is 0 Å². The van der Waals surface area contributed by atoms with Crippen LogP contribution in [0.2, 0.25) is 0 Å². The summed E-state index contributed by atoms with van der Waals surface area (Å²) in [5.41, 5.74) is 0.697. The lowest BCUT2D eigenvalue weighted by Gasteiger charge is -2.26. The van der Waals surface area contributed by atoms with E-state index in [9.17, 15) is 9.90 Å². The van der Waals surface area contributed by atoms with E-state index in [2.05, 4.69) is 20.0 Å². The highest BCUT2D eigenvalue weighted by molar-refractivity contribution is 5.85. The van der Waals surface area contributed by atoms with Crippen molar-refractivity contribution in [2.45, 2.75) is 25.8 Å². The molecule has 1 aromatic heterocycles. The number of rotatable bonds is 6. The van der Waals surface area contributed by atoms with Crippen molar-refractivity contribution in [2.24, 2.45) is 0 Å². The van der Waals surface area contributed by atoms with Gasteiger partial charge in [0.15, 0.2) is 0 Å². The number of carbonyl (C=O) groups is 1. The van der Waals surface area contributed by atoms with Gasteiger partial charge in [-0.05, 0) is 26.3 Å². The normalized spacial score (nSPS) is 17.8. The first-order chi connectivity index (χ1) is 10.1.